The number of anilines is 1. The summed E-state index contributed by atoms with van der Waals surface area (Å²) in [7, 11) is 0. The zero-order chi connectivity index (χ0) is 24.5. The highest BCUT2D eigenvalue weighted by atomic mass is 35.5. The van der Waals surface area contributed by atoms with E-state index in [1.807, 2.05) is 27.7 Å². The summed E-state index contributed by atoms with van der Waals surface area (Å²) in [5.74, 6) is -0.217. The van der Waals surface area contributed by atoms with Crippen molar-refractivity contribution in [2.45, 2.75) is 51.5 Å². The highest BCUT2D eigenvalue weighted by molar-refractivity contribution is 6.30. The third-order valence-electron chi connectivity index (χ3n) is 3.99. The normalized spacial score (nSPS) is 22.5. The van der Waals surface area contributed by atoms with Crippen molar-refractivity contribution in [2.75, 3.05) is 32.2 Å². The monoisotopic (exact) mass is 505 g/mol. The van der Waals surface area contributed by atoms with Gasteiger partial charge in [-0.25, -0.2) is 19.9 Å². The van der Waals surface area contributed by atoms with E-state index in [4.69, 9.17) is 57.7 Å². The summed E-state index contributed by atoms with van der Waals surface area (Å²) in [4.78, 5) is 15.1. The number of aliphatic hydroxyl groups is 1. The zero-order valence-corrected chi connectivity index (χ0v) is 20.4. The molecule has 2 atom stereocenters. The van der Waals surface area contributed by atoms with Crippen LogP contribution in [0.5, 0.6) is 5.88 Å². The van der Waals surface area contributed by atoms with E-state index in [1.165, 1.54) is 24.8 Å². The number of nitrogen functional groups attached to an aromatic ring is 1. The van der Waals surface area contributed by atoms with Gasteiger partial charge in [-0.3, -0.25) is 0 Å². The third kappa shape index (κ3) is 10.7. The van der Waals surface area contributed by atoms with Crippen LogP contribution in [0.15, 0.2) is 24.8 Å². The van der Waals surface area contributed by atoms with Crippen molar-refractivity contribution in [1.29, 1.82) is 0 Å². The molecule has 0 unspecified atom stereocenters. The van der Waals surface area contributed by atoms with E-state index >= 15 is 0 Å². The molecule has 0 aromatic carbocycles. The van der Waals surface area contributed by atoms with Crippen molar-refractivity contribution < 1.29 is 28.8 Å². The first-order chi connectivity index (χ1) is 15.5. The summed E-state index contributed by atoms with van der Waals surface area (Å²) in [6, 6.07) is 0. The van der Waals surface area contributed by atoms with Gasteiger partial charge in [0.25, 0.3) is 0 Å². The molecule has 2 aliphatic rings. The van der Waals surface area contributed by atoms with E-state index in [9.17, 15) is 0 Å². The molecule has 2 aliphatic heterocycles. The molecular formula is C20H29Cl2N5O6. The number of ether oxygens (including phenoxy) is 5. The molecule has 0 saturated carbocycles. The molecule has 2 aromatic rings. The van der Waals surface area contributed by atoms with Crippen LogP contribution in [-0.4, -0.2) is 75.3 Å². The van der Waals surface area contributed by atoms with Gasteiger partial charge in [0.1, 0.15) is 34.9 Å². The smallest absolute Gasteiger partial charge is 0.232 e. The van der Waals surface area contributed by atoms with Gasteiger partial charge in [0.2, 0.25) is 5.88 Å². The van der Waals surface area contributed by atoms with E-state index in [-0.39, 0.29) is 18.8 Å². The average Bonchev–Trinajstić information content (AvgIpc) is 3.31. The van der Waals surface area contributed by atoms with E-state index < -0.39 is 11.6 Å². The van der Waals surface area contributed by atoms with Gasteiger partial charge in [0.05, 0.1) is 44.6 Å². The molecule has 2 aromatic heterocycles. The van der Waals surface area contributed by atoms with E-state index in [0.717, 1.165) is 0 Å². The van der Waals surface area contributed by atoms with Crippen LogP contribution in [0.1, 0.15) is 27.7 Å². The van der Waals surface area contributed by atoms with Crippen molar-refractivity contribution in [1.82, 2.24) is 19.9 Å². The Morgan fingerprint density at radius 3 is 1.82 bits per heavy atom. The molecule has 184 valence electrons. The van der Waals surface area contributed by atoms with Crippen LogP contribution in [0.3, 0.4) is 0 Å². The second-order valence-corrected chi connectivity index (χ2v) is 8.61. The molecule has 0 aliphatic carbocycles. The number of aliphatic hydroxyl groups excluding tert-OH is 1. The minimum atomic E-state index is -0.527. The van der Waals surface area contributed by atoms with Crippen molar-refractivity contribution in [2.24, 2.45) is 0 Å². The second kappa shape index (κ2) is 12.6. The van der Waals surface area contributed by atoms with Gasteiger partial charge in [-0.1, -0.05) is 23.2 Å². The van der Waals surface area contributed by atoms with Crippen molar-refractivity contribution in [3.63, 3.8) is 0 Å². The van der Waals surface area contributed by atoms with Crippen molar-refractivity contribution in [3.05, 3.63) is 35.1 Å². The zero-order valence-electron chi connectivity index (χ0n) is 18.9. The predicted molar refractivity (Wildman–Crippen MR) is 121 cm³/mol. The van der Waals surface area contributed by atoms with Gasteiger partial charge in [0, 0.05) is 0 Å². The maximum absolute atomic E-state index is 8.59. The summed E-state index contributed by atoms with van der Waals surface area (Å²) < 4.78 is 26.8. The highest BCUT2D eigenvalue weighted by Crippen LogP contribution is 2.23. The minimum Gasteiger partial charge on any atom is -0.474 e. The summed E-state index contributed by atoms with van der Waals surface area (Å²) in [5.41, 5.74) is 5.41. The number of hydrogen-bond acceptors (Lipinski definition) is 11. The molecule has 0 bridgehead atoms. The molecule has 0 radical (unpaired) electrons. The summed E-state index contributed by atoms with van der Waals surface area (Å²) in [6.45, 7) is 8.88. The lowest BCUT2D eigenvalue weighted by molar-refractivity contribution is -0.142. The lowest BCUT2D eigenvalue weighted by Gasteiger charge is -2.17. The maximum atomic E-state index is 8.59. The van der Waals surface area contributed by atoms with Crippen LogP contribution < -0.4 is 10.5 Å². The van der Waals surface area contributed by atoms with Crippen LogP contribution in [0.25, 0.3) is 0 Å². The molecule has 0 amide bonds. The third-order valence-corrected chi connectivity index (χ3v) is 4.38. The largest absolute Gasteiger partial charge is 0.474 e. The maximum Gasteiger partial charge on any atom is 0.232 e. The van der Waals surface area contributed by atoms with Crippen LogP contribution in [0.4, 0.5) is 5.82 Å². The van der Waals surface area contributed by atoms with Gasteiger partial charge in [0.15, 0.2) is 11.6 Å². The lowest BCUT2D eigenvalue weighted by atomic mass is 10.4. The van der Waals surface area contributed by atoms with Crippen molar-refractivity contribution >= 4 is 29.0 Å². The van der Waals surface area contributed by atoms with Gasteiger partial charge in [-0.15, -0.1) is 0 Å². The molecule has 4 heterocycles. The molecule has 2 saturated heterocycles. The van der Waals surface area contributed by atoms with Crippen molar-refractivity contribution in [3.8, 4) is 5.88 Å². The first kappa shape index (κ1) is 27.4. The Kier molecular flexibility index (Phi) is 10.4. The molecule has 13 heteroatoms. The molecule has 0 spiro atoms. The van der Waals surface area contributed by atoms with Gasteiger partial charge >= 0.3 is 0 Å². The molecule has 3 N–H and O–H groups in total. The first-order valence-electron chi connectivity index (χ1n) is 10.1. The Hall–Kier alpha value is -1.86. The minimum absolute atomic E-state index is 0.0451. The van der Waals surface area contributed by atoms with Crippen LogP contribution in [0, 0.1) is 0 Å². The molecule has 11 nitrogen and oxygen atoms in total. The highest BCUT2D eigenvalue weighted by Gasteiger charge is 2.33. The van der Waals surface area contributed by atoms with Crippen LogP contribution in [-0.2, 0) is 18.9 Å². The molecular weight excluding hydrogens is 477 g/mol. The fourth-order valence-corrected chi connectivity index (χ4v) is 2.77. The van der Waals surface area contributed by atoms with E-state index in [0.29, 0.717) is 41.8 Å². The Morgan fingerprint density at radius 1 is 0.909 bits per heavy atom. The van der Waals surface area contributed by atoms with E-state index in [1.54, 1.807) is 0 Å². The number of halogens is 2. The molecule has 2 fully saturated rings. The Labute approximate surface area is 202 Å². The Bertz CT molecular complexity index is 821. The number of nitrogens with two attached hydrogens (primary N) is 1. The van der Waals surface area contributed by atoms with Gasteiger partial charge in [-0.2, -0.15) is 0 Å². The SMILES string of the molecule is CC1(C)OC[C@H](CO)O1.CC1(C)OC[C@H](COc2cnc(N)cn2)O1.Clc1cnc(Cl)cn1. The van der Waals surface area contributed by atoms with Crippen LogP contribution >= 0.6 is 23.2 Å². The number of nitrogens with zero attached hydrogens (tertiary/aromatic N) is 4. The standard InChI is InChI=1S/C10H15N3O3.C6H12O3.C4H2Cl2N2/c1-10(2)15-6-7(16-10)5-14-9-4-12-8(11)3-13-9;1-6(2)8-4-5(3-7)9-6;5-3-1-7-4(6)2-8-3/h3-4,7H,5-6H2,1-2H3,(H2,11,12);5,7H,3-4H2,1-2H3;1-2H/t7-;5-;/m00./s1. The summed E-state index contributed by atoms with van der Waals surface area (Å²) in [6.07, 6.45) is 5.52. The predicted octanol–water partition coefficient (Wildman–Crippen LogP) is 2.50. The fraction of sp³-hybridized carbons (Fsp3) is 0.600. The Morgan fingerprint density at radius 2 is 1.45 bits per heavy atom. The lowest BCUT2D eigenvalue weighted by Crippen LogP contribution is -2.25. The van der Waals surface area contributed by atoms with E-state index in [2.05, 4.69) is 19.9 Å². The summed E-state index contributed by atoms with van der Waals surface area (Å²) in [5, 5.41) is 9.31. The van der Waals surface area contributed by atoms with Crippen LogP contribution in [0.2, 0.25) is 10.3 Å². The van der Waals surface area contributed by atoms with Gasteiger partial charge in [-0.05, 0) is 27.7 Å². The molecule has 4 rings (SSSR count). The number of aromatic nitrogens is 4. The second-order valence-electron chi connectivity index (χ2n) is 7.84. The quantitative estimate of drug-likeness (QED) is 0.631. The molecule has 33 heavy (non-hydrogen) atoms. The first-order valence-corrected chi connectivity index (χ1v) is 10.8. The summed E-state index contributed by atoms with van der Waals surface area (Å²) >= 11 is 10.8. The average molecular weight is 506 g/mol. The fourth-order valence-electron chi connectivity index (χ4n) is 2.57. The van der Waals surface area contributed by atoms with Gasteiger partial charge < -0.3 is 34.5 Å². The Balaban J connectivity index is 0.000000192. The topological polar surface area (TPSA) is 144 Å². The number of rotatable bonds is 4. The number of hydrogen-bond donors (Lipinski definition) is 2.